The van der Waals surface area contributed by atoms with Gasteiger partial charge in [-0.3, -0.25) is 0 Å². The van der Waals surface area contributed by atoms with Gasteiger partial charge in [0.15, 0.2) is 5.82 Å². The summed E-state index contributed by atoms with van der Waals surface area (Å²) in [5, 5.41) is 3.53. The van der Waals surface area contributed by atoms with Crippen LogP contribution in [0.4, 0.5) is 5.95 Å². The van der Waals surface area contributed by atoms with Gasteiger partial charge in [-0.15, -0.1) is 0 Å². The number of aromatic nitrogens is 4. The highest BCUT2D eigenvalue weighted by atomic mass is 35.5. The number of nitrogens with one attached hydrogen (secondary N) is 1. The van der Waals surface area contributed by atoms with E-state index in [4.69, 9.17) is 27.9 Å². The second-order valence-electron chi connectivity index (χ2n) is 4.10. The highest BCUT2D eigenvalue weighted by Gasteiger charge is 2.10. The molecule has 2 aromatic heterocycles. The highest BCUT2D eigenvalue weighted by molar-refractivity contribution is 6.29. The molecule has 20 heavy (non-hydrogen) atoms. The first-order valence-corrected chi connectivity index (χ1v) is 6.64. The second-order valence-corrected chi connectivity index (χ2v) is 4.82. The van der Waals surface area contributed by atoms with Crippen molar-refractivity contribution in [3.8, 4) is 11.5 Å². The van der Waals surface area contributed by atoms with Crippen LogP contribution in [-0.4, -0.2) is 39.7 Å². The number of ether oxygens (including phenoxy) is 1. The van der Waals surface area contributed by atoms with E-state index in [0.29, 0.717) is 29.2 Å². The molecule has 1 N–H and O–H groups in total. The molecule has 2 aromatic rings. The third-order valence-electron chi connectivity index (χ3n) is 2.34. The minimum atomic E-state index is 0.0404. The van der Waals surface area contributed by atoms with Gasteiger partial charge in [0.1, 0.15) is 10.8 Å². The van der Waals surface area contributed by atoms with Crippen molar-refractivity contribution in [2.24, 2.45) is 0 Å². The molecule has 106 valence electrons. The SMILES string of the molecule is COCC(C)Nc1nc(Cl)nc(-c2cccc(Cl)n2)n1. The zero-order valence-corrected chi connectivity index (χ0v) is 12.5. The minimum Gasteiger partial charge on any atom is -0.383 e. The smallest absolute Gasteiger partial charge is 0.227 e. The Labute approximate surface area is 126 Å². The predicted molar refractivity (Wildman–Crippen MR) is 78.0 cm³/mol. The summed E-state index contributed by atoms with van der Waals surface area (Å²) in [5.41, 5.74) is 0.532. The number of methoxy groups -OCH3 is 1. The summed E-state index contributed by atoms with van der Waals surface area (Å²) in [6.07, 6.45) is 0. The van der Waals surface area contributed by atoms with Gasteiger partial charge < -0.3 is 10.1 Å². The maximum absolute atomic E-state index is 5.91. The molecule has 0 saturated carbocycles. The Morgan fingerprint density at radius 1 is 1.20 bits per heavy atom. The molecular weight excluding hydrogens is 301 g/mol. The van der Waals surface area contributed by atoms with Crippen LogP contribution in [0, 0.1) is 0 Å². The van der Waals surface area contributed by atoms with Gasteiger partial charge in [0, 0.05) is 13.2 Å². The van der Waals surface area contributed by atoms with Crippen molar-refractivity contribution in [1.82, 2.24) is 19.9 Å². The Balaban J connectivity index is 2.29. The molecule has 0 aliphatic rings. The number of pyridine rings is 1. The first-order valence-electron chi connectivity index (χ1n) is 5.88. The van der Waals surface area contributed by atoms with E-state index in [9.17, 15) is 0 Å². The van der Waals surface area contributed by atoms with Gasteiger partial charge in [-0.2, -0.15) is 15.0 Å². The van der Waals surface area contributed by atoms with Crippen LogP contribution in [0.1, 0.15) is 6.92 Å². The Morgan fingerprint density at radius 3 is 2.70 bits per heavy atom. The summed E-state index contributed by atoms with van der Waals surface area (Å²) in [4.78, 5) is 16.5. The van der Waals surface area contributed by atoms with Crippen molar-refractivity contribution >= 4 is 29.2 Å². The van der Waals surface area contributed by atoms with E-state index in [1.165, 1.54) is 0 Å². The van der Waals surface area contributed by atoms with E-state index in [0.717, 1.165) is 0 Å². The lowest BCUT2D eigenvalue weighted by Crippen LogP contribution is -2.22. The van der Waals surface area contributed by atoms with E-state index >= 15 is 0 Å². The first-order chi connectivity index (χ1) is 9.58. The first kappa shape index (κ1) is 14.9. The average Bonchev–Trinajstić information content (AvgIpc) is 2.38. The maximum Gasteiger partial charge on any atom is 0.227 e. The Kier molecular flexibility index (Phi) is 5.05. The molecule has 0 spiro atoms. The fourth-order valence-electron chi connectivity index (χ4n) is 1.57. The van der Waals surface area contributed by atoms with Gasteiger partial charge in [-0.05, 0) is 30.7 Å². The summed E-state index contributed by atoms with van der Waals surface area (Å²) in [6.45, 7) is 2.46. The summed E-state index contributed by atoms with van der Waals surface area (Å²) < 4.78 is 5.04. The van der Waals surface area contributed by atoms with Crippen LogP contribution in [0.5, 0.6) is 0 Å². The lowest BCUT2D eigenvalue weighted by atomic mass is 10.3. The third kappa shape index (κ3) is 4.00. The molecule has 8 heteroatoms. The fourth-order valence-corrected chi connectivity index (χ4v) is 1.90. The van der Waals surface area contributed by atoms with E-state index in [1.807, 2.05) is 6.92 Å². The number of anilines is 1. The Bertz CT molecular complexity index is 596. The van der Waals surface area contributed by atoms with Crippen molar-refractivity contribution in [3.05, 3.63) is 28.6 Å². The van der Waals surface area contributed by atoms with Crippen LogP contribution in [0.3, 0.4) is 0 Å². The standard InChI is InChI=1S/C12H13Cl2N5O/c1-7(6-20-2)15-12-18-10(17-11(14)19-12)8-4-3-5-9(13)16-8/h3-5,7H,6H2,1-2H3,(H,15,17,18,19). The van der Waals surface area contributed by atoms with Crippen molar-refractivity contribution in [2.45, 2.75) is 13.0 Å². The van der Waals surface area contributed by atoms with E-state index in [1.54, 1.807) is 25.3 Å². The topological polar surface area (TPSA) is 72.8 Å². The van der Waals surface area contributed by atoms with Crippen molar-refractivity contribution in [2.75, 3.05) is 19.0 Å². The van der Waals surface area contributed by atoms with Crippen molar-refractivity contribution < 1.29 is 4.74 Å². The minimum absolute atomic E-state index is 0.0404. The summed E-state index contributed by atoms with van der Waals surface area (Å²) in [5.74, 6) is 0.728. The maximum atomic E-state index is 5.91. The van der Waals surface area contributed by atoms with Gasteiger partial charge in [-0.25, -0.2) is 4.98 Å². The van der Waals surface area contributed by atoms with Crippen LogP contribution >= 0.6 is 23.2 Å². The number of halogens is 2. The fraction of sp³-hybridized carbons (Fsp3) is 0.333. The Morgan fingerprint density at radius 2 is 2.00 bits per heavy atom. The molecule has 0 amide bonds. The quantitative estimate of drug-likeness (QED) is 0.856. The summed E-state index contributed by atoms with van der Waals surface area (Å²) in [7, 11) is 1.62. The van der Waals surface area contributed by atoms with Gasteiger partial charge in [0.2, 0.25) is 11.2 Å². The normalized spacial score (nSPS) is 12.2. The number of nitrogens with zero attached hydrogens (tertiary/aromatic N) is 4. The molecule has 6 nitrogen and oxygen atoms in total. The zero-order valence-electron chi connectivity index (χ0n) is 11.0. The third-order valence-corrected chi connectivity index (χ3v) is 2.72. The molecule has 2 rings (SSSR count). The number of rotatable bonds is 5. The zero-order chi connectivity index (χ0) is 14.5. The van der Waals surface area contributed by atoms with Crippen LogP contribution in [0.2, 0.25) is 10.4 Å². The van der Waals surface area contributed by atoms with Crippen LogP contribution < -0.4 is 5.32 Å². The largest absolute Gasteiger partial charge is 0.383 e. The molecule has 0 aliphatic heterocycles. The molecule has 0 saturated heterocycles. The molecule has 2 heterocycles. The van der Waals surface area contributed by atoms with Crippen LogP contribution in [0.25, 0.3) is 11.5 Å². The molecule has 0 aliphatic carbocycles. The van der Waals surface area contributed by atoms with Crippen molar-refractivity contribution in [3.63, 3.8) is 0 Å². The lowest BCUT2D eigenvalue weighted by Gasteiger charge is -2.12. The summed E-state index contributed by atoms with van der Waals surface area (Å²) >= 11 is 11.8. The highest BCUT2D eigenvalue weighted by Crippen LogP contribution is 2.18. The van der Waals surface area contributed by atoms with Gasteiger partial charge in [0.05, 0.1) is 6.61 Å². The molecule has 0 bridgehead atoms. The van der Waals surface area contributed by atoms with Crippen molar-refractivity contribution in [1.29, 1.82) is 0 Å². The van der Waals surface area contributed by atoms with Gasteiger partial charge in [0.25, 0.3) is 0 Å². The molecule has 0 fully saturated rings. The predicted octanol–water partition coefficient (Wildman–Crippen LogP) is 2.69. The van der Waals surface area contributed by atoms with E-state index in [-0.39, 0.29) is 11.3 Å². The lowest BCUT2D eigenvalue weighted by molar-refractivity contribution is 0.190. The molecule has 1 atom stereocenters. The number of hydrogen-bond acceptors (Lipinski definition) is 6. The van der Waals surface area contributed by atoms with E-state index in [2.05, 4.69) is 25.3 Å². The summed E-state index contributed by atoms with van der Waals surface area (Å²) in [6, 6.07) is 5.23. The number of hydrogen-bond donors (Lipinski definition) is 1. The van der Waals surface area contributed by atoms with Crippen LogP contribution in [0.15, 0.2) is 18.2 Å². The monoisotopic (exact) mass is 313 g/mol. The molecule has 1 unspecified atom stereocenters. The molecular formula is C12H13Cl2N5O. The second kappa shape index (κ2) is 6.78. The van der Waals surface area contributed by atoms with Crippen LogP contribution in [-0.2, 0) is 4.74 Å². The van der Waals surface area contributed by atoms with E-state index < -0.39 is 0 Å². The average molecular weight is 314 g/mol. The Hall–Kier alpha value is -1.50. The molecule has 0 radical (unpaired) electrons. The van der Waals surface area contributed by atoms with Gasteiger partial charge >= 0.3 is 0 Å². The van der Waals surface area contributed by atoms with Gasteiger partial charge in [-0.1, -0.05) is 17.7 Å². The molecule has 0 aromatic carbocycles.